The van der Waals surface area contributed by atoms with Crippen molar-refractivity contribution < 1.29 is 22.0 Å². The van der Waals surface area contributed by atoms with Gasteiger partial charge in [-0.15, -0.1) is 0 Å². The van der Waals surface area contributed by atoms with Crippen LogP contribution in [0.4, 0.5) is 27.8 Å². The molecule has 0 aliphatic carbocycles. The van der Waals surface area contributed by atoms with Crippen LogP contribution in [-0.4, -0.2) is 33.7 Å². The summed E-state index contributed by atoms with van der Waals surface area (Å²) in [6, 6.07) is 4.33. The van der Waals surface area contributed by atoms with Gasteiger partial charge in [0.1, 0.15) is 17.5 Å². The van der Waals surface area contributed by atoms with Gasteiger partial charge in [-0.2, -0.15) is 0 Å². The SMILES string of the molecule is Cc1nc(NC(C)c2cccc(C(F)F)c2F)c2cn(N3CCC(F)(F)CC3)c(=O)cc2n1. The second-order valence-corrected chi connectivity index (χ2v) is 8.10. The monoisotopic (exact) mass is 467 g/mol. The van der Waals surface area contributed by atoms with Gasteiger partial charge in [0.15, 0.2) is 0 Å². The Labute approximate surface area is 186 Å². The lowest BCUT2D eigenvalue weighted by atomic mass is 10.0. The van der Waals surface area contributed by atoms with Crippen molar-refractivity contribution in [2.75, 3.05) is 23.4 Å². The van der Waals surface area contributed by atoms with Crippen LogP contribution in [0.15, 0.2) is 35.3 Å². The van der Waals surface area contributed by atoms with Gasteiger partial charge in [-0.1, -0.05) is 18.2 Å². The van der Waals surface area contributed by atoms with E-state index in [1.165, 1.54) is 34.1 Å². The number of hydrogen-bond donors (Lipinski definition) is 1. The molecule has 0 amide bonds. The van der Waals surface area contributed by atoms with Crippen molar-refractivity contribution in [3.05, 3.63) is 63.6 Å². The van der Waals surface area contributed by atoms with E-state index in [0.717, 1.165) is 6.07 Å². The highest BCUT2D eigenvalue weighted by molar-refractivity contribution is 5.88. The van der Waals surface area contributed by atoms with Crippen LogP contribution in [0.5, 0.6) is 0 Å². The number of benzene rings is 1. The van der Waals surface area contributed by atoms with Crippen LogP contribution in [0.1, 0.15) is 49.2 Å². The molecule has 4 rings (SSSR count). The first kappa shape index (κ1) is 22.9. The molecule has 1 aliphatic heterocycles. The largest absolute Gasteiger partial charge is 0.363 e. The number of nitrogens with zero attached hydrogens (tertiary/aromatic N) is 4. The van der Waals surface area contributed by atoms with Crippen molar-refractivity contribution in [1.82, 2.24) is 14.6 Å². The standard InChI is InChI=1S/C22H22F5N5O/c1-12(14-4-3-5-15(19(14)23)20(24)25)28-21-16-11-32(31-8-6-22(26,27)7-9-31)18(33)10-17(16)29-13(2)30-21/h3-5,10-12,20H,6-9H2,1-2H3,(H,28,29,30). The van der Waals surface area contributed by atoms with E-state index in [2.05, 4.69) is 15.3 Å². The highest BCUT2D eigenvalue weighted by Crippen LogP contribution is 2.31. The molecule has 2 aromatic heterocycles. The number of alkyl halides is 4. The molecule has 176 valence electrons. The number of rotatable bonds is 5. The van der Waals surface area contributed by atoms with E-state index in [1.54, 1.807) is 13.8 Å². The minimum Gasteiger partial charge on any atom is -0.363 e. The Bertz CT molecular complexity index is 1240. The van der Waals surface area contributed by atoms with Gasteiger partial charge in [0.05, 0.1) is 22.5 Å². The Morgan fingerprint density at radius 1 is 1.12 bits per heavy atom. The molecular weight excluding hydrogens is 445 g/mol. The van der Waals surface area contributed by atoms with E-state index < -0.39 is 35.3 Å². The molecule has 11 heteroatoms. The van der Waals surface area contributed by atoms with Gasteiger partial charge in [-0.05, 0) is 13.8 Å². The average molecular weight is 467 g/mol. The van der Waals surface area contributed by atoms with Crippen LogP contribution in [-0.2, 0) is 0 Å². The van der Waals surface area contributed by atoms with Gasteiger partial charge in [-0.25, -0.2) is 36.6 Å². The molecule has 1 saturated heterocycles. The third-order valence-corrected chi connectivity index (χ3v) is 5.71. The van der Waals surface area contributed by atoms with E-state index in [4.69, 9.17) is 0 Å². The predicted octanol–water partition coefficient (Wildman–Crippen LogP) is 4.72. The summed E-state index contributed by atoms with van der Waals surface area (Å²) in [6.45, 7) is 3.21. The minimum atomic E-state index is -2.95. The molecular formula is C22H22F5N5O. The topological polar surface area (TPSA) is 63.1 Å². The lowest BCUT2D eigenvalue weighted by Gasteiger charge is -2.34. The van der Waals surface area contributed by atoms with Crippen molar-refractivity contribution in [3.63, 3.8) is 0 Å². The van der Waals surface area contributed by atoms with Crippen molar-refractivity contribution >= 4 is 16.7 Å². The Kier molecular flexibility index (Phi) is 5.98. The Balaban J connectivity index is 1.72. The summed E-state index contributed by atoms with van der Waals surface area (Å²) in [7, 11) is 0. The molecule has 1 fully saturated rings. The molecule has 1 unspecified atom stereocenters. The fourth-order valence-corrected chi connectivity index (χ4v) is 3.93. The second kappa shape index (κ2) is 8.60. The summed E-state index contributed by atoms with van der Waals surface area (Å²) >= 11 is 0. The van der Waals surface area contributed by atoms with Crippen LogP contribution in [0.2, 0.25) is 0 Å². The molecule has 1 aliphatic rings. The number of halogens is 5. The van der Waals surface area contributed by atoms with E-state index in [0.29, 0.717) is 16.7 Å². The summed E-state index contributed by atoms with van der Waals surface area (Å²) < 4.78 is 69.2. The fourth-order valence-electron chi connectivity index (χ4n) is 3.93. The number of aromatic nitrogens is 3. The minimum absolute atomic E-state index is 0.00404. The molecule has 1 N–H and O–H groups in total. The van der Waals surface area contributed by atoms with Crippen molar-refractivity contribution in [1.29, 1.82) is 0 Å². The highest BCUT2D eigenvalue weighted by Gasteiger charge is 2.34. The summed E-state index contributed by atoms with van der Waals surface area (Å²) in [5.74, 6) is -3.17. The molecule has 0 spiro atoms. The Morgan fingerprint density at radius 2 is 1.79 bits per heavy atom. The van der Waals surface area contributed by atoms with Gasteiger partial charge in [0.2, 0.25) is 0 Å². The van der Waals surface area contributed by atoms with Crippen LogP contribution in [0.3, 0.4) is 0 Å². The van der Waals surface area contributed by atoms with Crippen LogP contribution < -0.4 is 15.9 Å². The number of anilines is 1. The van der Waals surface area contributed by atoms with E-state index >= 15 is 0 Å². The summed E-state index contributed by atoms with van der Waals surface area (Å²) in [5, 5.41) is 4.96. The first-order chi connectivity index (χ1) is 15.6. The normalized spacial score (nSPS) is 16.9. The first-order valence-electron chi connectivity index (χ1n) is 10.4. The summed E-state index contributed by atoms with van der Waals surface area (Å²) in [5.41, 5.74) is -0.771. The van der Waals surface area contributed by atoms with Gasteiger partial charge >= 0.3 is 0 Å². The molecule has 6 nitrogen and oxygen atoms in total. The zero-order valence-corrected chi connectivity index (χ0v) is 18.0. The second-order valence-electron chi connectivity index (χ2n) is 8.10. The Morgan fingerprint density at radius 3 is 2.45 bits per heavy atom. The zero-order valence-electron chi connectivity index (χ0n) is 18.0. The molecule has 0 bridgehead atoms. The van der Waals surface area contributed by atoms with E-state index in [9.17, 15) is 26.7 Å². The molecule has 0 radical (unpaired) electrons. The molecule has 3 aromatic rings. The summed E-state index contributed by atoms with van der Waals surface area (Å²) in [6.07, 6.45) is -2.24. The molecule has 33 heavy (non-hydrogen) atoms. The molecule has 0 saturated carbocycles. The number of nitrogens with one attached hydrogen (secondary N) is 1. The number of fused-ring (bicyclic) bond motifs is 1. The first-order valence-corrected chi connectivity index (χ1v) is 10.4. The van der Waals surface area contributed by atoms with Gasteiger partial charge in [0, 0.05) is 43.8 Å². The molecule has 3 heterocycles. The number of aryl methyl sites for hydroxylation is 1. The smallest absolute Gasteiger partial charge is 0.271 e. The van der Waals surface area contributed by atoms with Crippen LogP contribution >= 0.6 is 0 Å². The lowest BCUT2D eigenvalue weighted by molar-refractivity contribution is -0.0260. The lowest BCUT2D eigenvalue weighted by Crippen LogP contribution is -2.49. The fraction of sp³-hybridized carbons (Fsp3) is 0.409. The summed E-state index contributed by atoms with van der Waals surface area (Å²) in [4.78, 5) is 21.2. The number of hydrogen-bond acceptors (Lipinski definition) is 5. The third kappa shape index (κ3) is 4.62. The van der Waals surface area contributed by atoms with Gasteiger partial charge in [0.25, 0.3) is 17.9 Å². The number of piperidine rings is 1. The van der Waals surface area contributed by atoms with E-state index in [-0.39, 0.29) is 37.3 Å². The quantitative estimate of drug-likeness (QED) is 0.551. The van der Waals surface area contributed by atoms with Gasteiger partial charge < -0.3 is 10.3 Å². The van der Waals surface area contributed by atoms with Crippen molar-refractivity contribution in [2.45, 2.75) is 45.1 Å². The molecule has 1 atom stereocenters. The number of pyridine rings is 1. The van der Waals surface area contributed by atoms with E-state index in [1.807, 2.05) is 0 Å². The van der Waals surface area contributed by atoms with Crippen molar-refractivity contribution in [3.8, 4) is 0 Å². The van der Waals surface area contributed by atoms with Gasteiger partial charge in [-0.3, -0.25) is 4.79 Å². The van der Waals surface area contributed by atoms with Crippen molar-refractivity contribution in [2.24, 2.45) is 0 Å². The third-order valence-electron chi connectivity index (χ3n) is 5.71. The average Bonchev–Trinajstić information content (AvgIpc) is 2.73. The maximum atomic E-state index is 14.6. The van der Waals surface area contributed by atoms with Crippen LogP contribution in [0.25, 0.3) is 10.9 Å². The highest BCUT2D eigenvalue weighted by atomic mass is 19.3. The molecule has 1 aromatic carbocycles. The maximum Gasteiger partial charge on any atom is 0.271 e. The zero-order chi connectivity index (χ0) is 23.9. The predicted molar refractivity (Wildman–Crippen MR) is 114 cm³/mol. The Hall–Kier alpha value is -3.24. The maximum absolute atomic E-state index is 14.6. The van der Waals surface area contributed by atoms with Crippen LogP contribution in [0, 0.1) is 12.7 Å².